The van der Waals surface area contributed by atoms with Crippen LogP contribution in [0.25, 0.3) is 0 Å². The van der Waals surface area contributed by atoms with Gasteiger partial charge in [-0.15, -0.1) is 0 Å². The number of aliphatic hydroxyl groups is 2. The smallest absolute Gasteiger partial charge is 0.0948 e. The Kier molecular flexibility index (Phi) is 2.28. The zero-order chi connectivity index (χ0) is 7.61. The highest BCUT2D eigenvalue weighted by Crippen LogP contribution is 2.31. The maximum absolute atomic E-state index is 9.63. The van der Waals surface area contributed by atoms with Crippen molar-refractivity contribution in [3.05, 3.63) is 0 Å². The fourth-order valence-electron chi connectivity index (χ4n) is 1.54. The van der Waals surface area contributed by atoms with E-state index in [0.29, 0.717) is 12.8 Å². The van der Waals surface area contributed by atoms with Crippen LogP contribution in [0.2, 0.25) is 0 Å². The molecule has 1 aliphatic carbocycles. The lowest BCUT2D eigenvalue weighted by Gasteiger charge is -2.26. The van der Waals surface area contributed by atoms with Crippen molar-refractivity contribution >= 4 is 0 Å². The molecule has 3 heteroatoms. The van der Waals surface area contributed by atoms with Gasteiger partial charge in [0.1, 0.15) is 0 Å². The van der Waals surface area contributed by atoms with E-state index in [0.717, 1.165) is 12.8 Å². The molecular formula is C7H15NO2. The quantitative estimate of drug-likeness (QED) is 0.496. The molecule has 0 amide bonds. The van der Waals surface area contributed by atoms with Gasteiger partial charge < -0.3 is 15.9 Å². The predicted molar refractivity (Wildman–Crippen MR) is 38.5 cm³/mol. The van der Waals surface area contributed by atoms with Gasteiger partial charge in [-0.1, -0.05) is 12.8 Å². The summed E-state index contributed by atoms with van der Waals surface area (Å²) in [6, 6.07) is 0. The topological polar surface area (TPSA) is 66.5 Å². The van der Waals surface area contributed by atoms with Crippen LogP contribution >= 0.6 is 0 Å². The second kappa shape index (κ2) is 2.86. The van der Waals surface area contributed by atoms with E-state index in [2.05, 4.69) is 0 Å². The highest BCUT2D eigenvalue weighted by Gasteiger charge is 2.37. The van der Waals surface area contributed by atoms with Crippen molar-refractivity contribution in [2.24, 2.45) is 5.73 Å². The summed E-state index contributed by atoms with van der Waals surface area (Å²) >= 11 is 0. The monoisotopic (exact) mass is 145 g/mol. The third-order valence-corrected chi connectivity index (χ3v) is 2.31. The van der Waals surface area contributed by atoms with E-state index in [9.17, 15) is 10.2 Å². The molecule has 0 heterocycles. The van der Waals surface area contributed by atoms with E-state index in [4.69, 9.17) is 5.73 Å². The van der Waals surface area contributed by atoms with Crippen LogP contribution in [0.4, 0.5) is 0 Å². The van der Waals surface area contributed by atoms with Gasteiger partial charge in [-0.05, 0) is 12.8 Å². The Bertz CT molecular complexity index is 110. The third kappa shape index (κ3) is 1.31. The van der Waals surface area contributed by atoms with Gasteiger partial charge in [0.05, 0.1) is 11.7 Å². The van der Waals surface area contributed by atoms with Crippen LogP contribution in [0.1, 0.15) is 25.7 Å². The van der Waals surface area contributed by atoms with Crippen LogP contribution in [0, 0.1) is 0 Å². The van der Waals surface area contributed by atoms with Gasteiger partial charge in [0.2, 0.25) is 0 Å². The Labute approximate surface area is 60.9 Å². The summed E-state index contributed by atoms with van der Waals surface area (Å²) < 4.78 is 0. The number of aliphatic hydroxyl groups excluding tert-OH is 1. The van der Waals surface area contributed by atoms with Crippen LogP contribution in [-0.2, 0) is 0 Å². The molecule has 4 N–H and O–H groups in total. The standard InChI is InChI=1S/C7H15NO2/c8-5-6(9)7(10)3-1-2-4-7/h6,9-10H,1-5,8H2. The molecule has 1 atom stereocenters. The molecule has 0 spiro atoms. The van der Waals surface area contributed by atoms with Crippen molar-refractivity contribution in [1.29, 1.82) is 0 Å². The second-order valence-electron chi connectivity index (χ2n) is 3.06. The minimum atomic E-state index is -0.866. The van der Waals surface area contributed by atoms with Gasteiger partial charge in [-0.2, -0.15) is 0 Å². The summed E-state index contributed by atoms with van der Waals surface area (Å²) in [7, 11) is 0. The molecule has 0 bridgehead atoms. The number of hydrogen-bond donors (Lipinski definition) is 3. The van der Waals surface area contributed by atoms with Crippen LogP contribution in [-0.4, -0.2) is 28.5 Å². The maximum Gasteiger partial charge on any atom is 0.0948 e. The molecule has 0 radical (unpaired) electrons. The Balaban J connectivity index is 2.49. The first kappa shape index (κ1) is 7.98. The van der Waals surface area contributed by atoms with Crippen molar-refractivity contribution in [3.8, 4) is 0 Å². The van der Waals surface area contributed by atoms with Gasteiger partial charge in [0.15, 0.2) is 0 Å². The van der Waals surface area contributed by atoms with Gasteiger partial charge in [-0.3, -0.25) is 0 Å². The molecule has 60 valence electrons. The van der Waals surface area contributed by atoms with E-state index in [-0.39, 0.29) is 6.54 Å². The summed E-state index contributed by atoms with van der Waals surface area (Å²) in [4.78, 5) is 0. The molecule has 0 aromatic carbocycles. The summed E-state index contributed by atoms with van der Waals surface area (Å²) in [5.41, 5.74) is 4.36. The largest absolute Gasteiger partial charge is 0.389 e. The molecule has 10 heavy (non-hydrogen) atoms. The molecule has 1 rings (SSSR count). The first-order valence-corrected chi connectivity index (χ1v) is 3.79. The molecule has 0 aromatic heterocycles. The first-order valence-electron chi connectivity index (χ1n) is 3.79. The molecule has 0 aliphatic heterocycles. The molecule has 0 saturated heterocycles. The molecule has 3 nitrogen and oxygen atoms in total. The highest BCUT2D eigenvalue weighted by molar-refractivity contribution is 4.91. The molecule has 1 unspecified atom stereocenters. The van der Waals surface area contributed by atoms with Crippen molar-refractivity contribution in [1.82, 2.24) is 0 Å². The minimum Gasteiger partial charge on any atom is -0.389 e. The van der Waals surface area contributed by atoms with Crippen LogP contribution < -0.4 is 5.73 Å². The van der Waals surface area contributed by atoms with Gasteiger partial charge in [-0.25, -0.2) is 0 Å². The number of nitrogens with two attached hydrogens (primary N) is 1. The molecule has 0 aromatic rings. The third-order valence-electron chi connectivity index (χ3n) is 2.31. The van der Waals surface area contributed by atoms with E-state index >= 15 is 0 Å². The lowest BCUT2D eigenvalue weighted by molar-refractivity contribution is -0.0646. The lowest BCUT2D eigenvalue weighted by atomic mass is 9.95. The van der Waals surface area contributed by atoms with Gasteiger partial charge >= 0.3 is 0 Å². The summed E-state index contributed by atoms with van der Waals surface area (Å²) in [5, 5.41) is 18.9. The average Bonchev–Trinajstić information content (AvgIpc) is 2.36. The lowest BCUT2D eigenvalue weighted by Crippen LogP contribution is -2.44. The Morgan fingerprint density at radius 2 is 1.90 bits per heavy atom. The Morgan fingerprint density at radius 3 is 2.30 bits per heavy atom. The average molecular weight is 145 g/mol. The first-order chi connectivity index (χ1) is 4.69. The Morgan fingerprint density at radius 1 is 1.40 bits per heavy atom. The molecule has 1 fully saturated rings. The van der Waals surface area contributed by atoms with Crippen molar-refractivity contribution in [3.63, 3.8) is 0 Å². The summed E-state index contributed by atoms with van der Waals surface area (Å²) in [5.74, 6) is 0. The zero-order valence-electron chi connectivity index (χ0n) is 6.08. The second-order valence-corrected chi connectivity index (χ2v) is 3.06. The van der Waals surface area contributed by atoms with E-state index < -0.39 is 11.7 Å². The normalized spacial score (nSPS) is 26.7. The van der Waals surface area contributed by atoms with Crippen molar-refractivity contribution in [2.75, 3.05) is 6.54 Å². The zero-order valence-corrected chi connectivity index (χ0v) is 6.08. The van der Waals surface area contributed by atoms with Crippen molar-refractivity contribution < 1.29 is 10.2 Å². The molecular weight excluding hydrogens is 130 g/mol. The maximum atomic E-state index is 9.63. The van der Waals surface area contributed by atoms with Crippen LogP contribution in [0.3, 0.4) is 0 Å². The van der Waals surface area contributed by atoms with Gasteiger partial charge in [0, 0.05) is 6.54 Å². The van der Waals surface area contributed by atoms with E-state index in [1.165, 1.54) is 0 Å². The van der Waals surface area contributed by atoms with Crippen molar-refractivity contribution in [2.45, 2.75) is 37.4 Å². The summed E-state index contributed by atoms with van der Waals surface area (Å²) in [6.45, 7) is 0.163. The Hall–Kier alpha value is -0.120. The fourth-order valence-corrected chi connectivity index (χ4v) is 1.54. The highest BCUT2D eigenvalue weighted by atomic mass is 16.3. The van der Waals surface area contributed by atoms with E-state index in [1.54, 1.807) is 0 Å². The summed E-state index contributed by atoms with van der Waals surface area (Å²) in [6.07, 6.45) is 2.69. The number of hydrogen-bond acceptors (Lipinski definition) is 3. The molecule has 1 saturated carbocycles. The van der Waals surface area contributed by atoms with Gasteiger partial charge in [0.25, 0.3) is 0 Å². The molecule has 1 aliphatic rings. The fraction of sp³-hybridized carbons (Fsp3) is 1.00. The predicted octanol–water partition coefficient (Wildman–Crippen LogP) is -0.389. The van der Waals surface area contributed by atoms with E-state index in [1.807, 2.05) is 0 Å². The van der Waals surface area contributed by atoms with Crippen LogP contribution in [0.15, 0.2) is 0 Å². The number of rotatable bonds is 2. The SMILES string of the molecule is NCC(O)C1(O)CCCC1. The van der Waals surface area contributed by atoms with Crippen LogP contribution in [0.5, 0.6) is 0 Å². The minimum absolute atomic E-state index is 0.163.